The molecule has 2 aliphatic heterocycles. The Balaban J connectivity index is 1.72. The minimum atomic E-state index is -1.46. The highest BCUT2D eigenvalue weighted by atomic mass is 16.5. The second-order valence-corrected chi connectivity index (χ2v) is 7.27. The molecule has 3 heterocycles. The van der Waals surface area contributed by atoms with Crippen molar-refractivity contribution in [1.82, 2.24) is 25.1 Å². The van der Waals surface area contributed by atoms with Crippen LogP contribution in [0, 0.1) is 0 Å². The molecule has 30 heavy (non-hydrogen) atoms. The number of methoxy groups -OCH3 is 1. The van der Waals surface area contributed by atoms with Gasteiger partial charge in [-0.1, -0.05) is 12.1 Å². The first kappa shape index (κ1) is 19.7. The Bertz CT molecular complexity index is 1070. The lowest BCUT2D eigenvalue weighted by atomic mass is 9.95. The average Bonchev–Trinajstić information content (AvgIpc) is 3.37. The number of aryl methyl sites for hydroxylation is 1. The quantitative estimate of drug-likeness (QED) is 0.706. The number of allylic oxidation sites excluding steroid dienone is 1. The topological polar surface area (TPSA) is 106 Å². The molecule has 1 fully saturated rings. The number of imide groups is 1. The molecule has 156 valence electrons. The molecule has 2 aromatic rings. The predicted octanol–water partition coefficient (Wildman–Crippen LogP) is 1.64. The van der Waals surface area contributed by atoms with Gasteiger partial charge in [0.05, 0.1) is 19.3 Å². The molecule has 4 rings (SSSR count). The highest BCUT2D eigenvalue weighted by Crippen LogP contribution is 2.32. The van der Waals surface area contributed by atoms with Gasteiger partial charge in [0.25, 0.3) is 11.8 Å². The van der Waals surface area contributed by atoms with Gasteiger partial charge in [-0.25, -0.2) is 9.78 Å². The number of hydrogen-bond donors (Lipinski definition) is 2. The van der Waals surface area contributed by atoms with Crippen LogP contribution in [0.15, 0.2) is 30.5 Å². The van der Waals surface area contributed by atoms with Gasteiger partial charge in [-0.15, -0.1) is 0 Å². The van der Waals surface area contributed by atoms with Gasteiger partial charge in [-0.05, 0) is 37.6 Å². The summed E-state index contributed by atoms with van der Waals surface area (Å²) in [5.41, 5.74) is 0.301. The molecule has 9 heteroatoms. The third-order valence-corrected chi connectivity index (χ3v) is 5.47. The lowest BCUT2D eigenvalue weighted by molar-refractivity contribution is -0.124. The van der Waals surface area contributed by atoms with Gasteiger partial charge in [0.2, 0.25) is 0 Å². The zero-order valence-electron chi connectivity index (χ0n) is 17.1. The number of aromatic nitrogens is 2. The predicted molar refractivity (Wildman–Crippen MR) is 109 cm³/mol. The molecule has 0 bridgehead atoms. The van der Waals surface area contributed by atoms with Crippen LogP contribution in [0.4, 0.5) is 4.79 Å². The molecule has 2 N–H and O–H groups in total. The molecule has 0 radical (unpaired) electrons. The van der Waals surface area contributed by atoms with E-state index in [1.165, 1.54) is 0 Å². The van der Waals surface area contributed by atoms with E-state index in [2.05, 4.69) is 15.6 Å². The first-order valence-corrected chi connectivity index (χ1v) is 9.72. The number of rotatable bonds is 6. The molecule has 4 amide bonds. The summed E-state index contributed by atoms with van der Waals surface area (Å²) >= 11 is 0. The first-order valence-electron chi connectivity index (χ1n) is 9.72. The Hall–Kier alpha value is -3.62. The third kappa shape index (κ3) is 3.02. The van der Waals surface area contributed by atoms with E-state index in [4.69, 9.17) is 4.74 Å². The Kier molecular flexibility index (Phi) is 4.81. The summed E-state index contributed by atoms with van der Waals surface area (Å²) in [7, 11) is 1.54. The van der Waals surface area contributed by atoms with Crippen LogP contribution in [0.3, 0.4) is 0 Å². The molecular weight excluding hydrogens is 386 g/mol. The molecule has 0 saturated carbocycles. The van der Waals surface area contributed by atoms with Crippen LogP contribution >= 0.6 is 0 Å². The summed E-state index contributed by atoms with van der Waals surface area (Å²) in [6.45, 7) is 4.79. The SMILES string of the molecule is C/C=C\c1nc([C@]2(CN3Cc4ccc(OC)cc4C3=O)NC(=O)NC2=O)cn1CC. The molecule has 9 nitrogen and oxygen atoms in total. The number of nitrogens with zero attached hydrogens (tertiary/aromatic N) is 3. The number of fused-ring (bicyclic) bond motifs is 1. The van der Waals surface area contributed by atoms with Gasteiger partial charge < -0.3 is 19.5 Å². The van der Waals surface area contributed by atoms with E-state index in [0.29, 0.717) is 35.9 Å². The molecule has 0 aliphatic carbocycles. The van der Waals surface area contributed by atoms with Crippen molar-refractivity contribution in [3.05, 3.63) is 53.1 Å². The molecular formula is C21H23N5O4. The van der Waals surface area contributed by atoms with Crippen LogP contribution in [0.5, 0.6) is 5.75 Å². The maximum Gasteiger partial charge on any atom is 0.322 e. The molecule has 1 aromatic heterocycles. The van der Waals surface area contributed by atoms with Crippen molar-refractivity contribution < 1.29 is 19.1 Å². The summed E-state index contributed by atoms with van der Waals surface area (Å²) in [6.07, 6.45) is 5.43. The standard InChI is InChI=1S/C21H23N5O4/c1-4-6-17-22-16(11-25(17)5-2)21(19(28)23-20(29)24-21)12-26-10-13-7-8-14(30-3)9-15(13)18(26)27/h4,6-9,11H,5,10,12H2,1-3H3,(H2,23,24,28,29)/b6-4-/t21-/m0/s1. The van der Waals surface area contributed by atoms with Gasteiger partial charge in [0.15, 0.2) is 5.54 Å². The fourth-order valence-electron chi connectivity index (χ4n) is 3.92. The number of benzene rings is 1. The van der Waals surface area contributed by atoms with Crippen molar-refractivity contribution in [2.24, 2.45) is 0 Å². The second-order valence-electron chi connectivity index (χ2n) is 7.27. The lowest BCUT2D eigenvalue weighted by Gasteiger charge is -2.29. The average molecular weight is 409 g/mol. The van der Waals surface area contributed by atoms with Gasteiger partial charge in [0, 0.05) is 24.8 Å². The number of carbonyl (C=O) groups is 3. The van der Waals surface area contributed by atoms with Crippen molar-refractivity contribution in [2.45, 2.75) is 32.5 Å². The maximum absolute atomic E-state index is 13.0. The monoisotopic (exact) mass is 409 g/mol. The number of urea groups is 1. The summed E-state index contributed by atoms with van der Waals surface area (Å²) in [5.74, 6) is 0.509. The number of nitrogens with one attached hydrogen (secondary N) is 2. The van der Waals surface area contributed by atoms with E-state index in [0.717, 1.165) is 5.56 Å². The van der Waals surface area contributed by atoms with Crippen molar-refractivity contribution in [3.63, 3.8) is 0 Å². The summed E-state index contributed by atoms with van der Waals surface area (Å²) < 4.78 is 7.11. The van der Waals surface area contributed by atoms with Gasteiger partial charge >= 0.3 is 6.03 Å². The number of carbonyl (C=O) groups excluding carboxylic acids is 3. The fraction of sp³-hybridized carbons (Fsp3) is 0.333. The van der Waals surface area contributed by atoms with Crippen LogP contribution in [0.25, 0.3) is 6.08 Å². The van der Waals surface area contributed by atoms with Crippen molar-refractivity contribution in [2.75, 3.05) is 13.7 Å². The van der Waals surface area contributed by atoms with E-state index >= 15 is 0 Å². The number of hydrogen-bond acceptors (Lipinski definition) is 5. The van der Waals surface area contributed by atoms with Gasteiger partial charge in [-0.3, -0.25) is 14.9 Å². The zero-order valence-corrected chi connectivity index (χ0v) is 17.1. The van der Waals surface area contributed by atoms with E-state index < -0.39 is 17.5 Å². The number of amides is 4. The van der Waals surface area contributed by atoms with Gasteiger partial charge in [0.1, 0.15) is 11.6 Å². The van der Waals surface area contributed by atoms with E-state index in [-0.39, 0.29) is 12.5 Å². The fourth-order valence-corrected chi connectivity index (χ4v) is 3.92. The summed E-state index contributed by atoms with van der Waals surface area (Å²) in [5, 5.41) is 5.02. The lowest BCUT2D eigenvalue weighted by Crippen LogP contribution is -2.53. The zero-order chi connectivity index (χ0) is 21.5. The highest BCUT2D eigenvalue weighted by molar-refractivity contribution is 6.08. The Morgan fingerprint density at radius 1 is 1.30 bits per heavy atom. The minimum Gasteiger partial charge on any atom is -0.497 e. The third-order valence-electron chi connectivity index (χ3n) is 5.47. The highest BCUT2D eigenvalue weighted by Gasteiger charge is 2.52. The molecule has 2 aliphatic rings. The van der Waals surface area contributed by atoms with Crippen LogP contribution in [-0.4, -0.2) is 46.0 Å². The molecule has 0 spiro atoms. The second kappa shape index (κ2) is 7.33. The molecule has 0 unspecified atom stereocenters. The van der Waals surface area contributed by atoms with E-state index in [1.54, 1.807) is 30.3 Å². The molecule has 1 atom stereocenters. The Morgan fingerprint density at radius 3 is 2.73 bits per heavy atom. The largest absolute Gasteiger partial charge is 0.497 e. The maximum atomic E-state index is 13.0. The Labute approximate surface area is 173 Å². The summed E-state index contributed by atoms with van der Waals surface area (Å²) in [6, 6.07) is 4.71. The number of imidazole rings is 1. The smallest absolute Gasteiger partial charge is 0.322 e. The molecule has 1 aromatic carbocycles. The first-order chi connectivity index (χ1) is 14.4. The van der Waals surface area contributed by atoms with E-state index in [9.17, 15) is 14.4 Å². The van der Waals surface area contributed by atoms with E-state index in [1.807, 2.05) is 36.6 Å². The van der Waals surface area contributed by atoms with Crippen molar-refractivity contribution >= 4 is 23.9 Å². The molecule has 1 saturated heterocycles. The van der Waals surface area contributed by atoms with Crippen LogP contribution in [-0.2, 0) is 23.4 Å². The van der Waals surface area contributed by atoms with Gasteiger partial charge in [-0.2, -0.15) is 0 Å². The van der Waals surface area contributed by atoms with Crippen LogP contribution < -0.4 is 15.4 Å². The van der Waals surface area contributed by atoms with Crippen molar-refractivity contribution in [3.8, 4) is 5.75 Å². The number of ether oxygens (including phenoxy) is 1. The Morgan fingerprint density at radius 2 is 2.10 bits per heavy atom. The minimum absolute atomic E-state index is 0.0313. The van der Waals surface area contributed by atoms with Crippen LogP contribution in [0.2, 0.25) is 0 Å². The summed E-state index contributed by atoms with van der Waals surface area (Å²) in [4.78, 5) is 44.2. The normalized spacial score (nSPS) is 20.6. The van der Waals surface area contributed by atoms with Crippen molar-refractivity contribution in [1.29, 1.82) is 0 Å². The van der Waals surface area contributed by atoms with Crippen LogP contribution in [0.1, 0.15) is 41.3 Å².